The molecule has 9 heteroatoms. The number of amides is 2. The molecule has 3 aliphatic rings. The van der Waals surface area contributed by atoms with Gasteiger partial charge < -0.3 is 15.1 Å². The first kappa shape index (κ1) is 26.0. The average molecular weight is 521 g/mol. The molecular formula is C26H35Cl2N5O2. The van der Waals surface area contributed by atoms with Crippen LogP contribution in [0.4, 0.5) is 5.69 Å². The maximum Gasteiger partial charge on any atom is 0.256 e. The number of anilines is 1. The number of benzene rings is 1. The van der Waals surface area contributed by atoms with E-state index in [0.717, 1.165) is 39.1 Å². The molecule has 4 rings (SSSR count). The zero-order chi connectivity index (χ0) is 24.9. The van der Waals surface area contributed by atoms with Gasteiger partial charge in [0.25, 0.3) is 5.91 Å². The Balaban J connectivity index is 1.39. The third-order valence-electron chi connectivity index (χ3n) is 7.02. The lowest BCUT2D eigenvalue weighted by Gasteiger charge is -2.32. The zero-order valence-corrected chi connectivity index (χ0v) is 22.1. The van der Waals surface area contributed by atoms with Crippen LogP contribution in [0.25, 0.3) is 0 Å². The van der Waals surface area contributed by atoms with Crippen LogP contribution in [0, 0.1) is 5.92 Å². The molecule has 2 amide bonds. The Labute approximate surface area is 218 Å². The van der Waals surface area contributed by atoms with Crippen LogP contribution >= 0.6 is 23.2 Å². The summed E-state index contributed by atoms with van der Waals surface area (Å²) in [6.45, 7) is 7.32. The van der Waals surface area contributed by atoms with Gasteiger partial charge in [-0.05, 0) is 67.6 Å². The number of nitrogens with zero attached hydrogens (tertiary/aromatic N) is 4. The van der Waals surface area contributed by atoms with Gasteiger partial charge in [-0.2, -0.15) is 0 Å². The summed E-state index contributed by atoms with van der Waals surface area (Å²) < 4.78 is 0. The average Bonchev–Trinajstić information content (AvgIpc) is 3.49. The fourth-order valence-corrected chi connectivity index (χ4v) is 5.37. The van der Waals surface area contributed by atoms with Crippen LogP contribution in [0.3, 0.4) is 0 Å². The zero-order valence-electron chi connectivity index (χ0n) is 20.6. The lowest BCUT2D eigenvalue weighted by Crippen LogP contribution is -2.49. The Kier molecular flexibility index (Phi) is 8.76. The first-order valence-electron chi connectivity index (χ1n) is 12.4. The van der Waals surface area contributed by atoms with Crippen LogP contribution < -0.4 is 10.2 Å². The largest absolute Gasteiger partial charge is 0.353 e. The quantitative estimate of drug-likeness (QED) is 0.540. The summed E-state index contributed by atoms with van der Waals surface area (Å²) in [6.07, 6.45) is 7.89. The molecule has 2 aliphatic heterocycles. The molecule has 1 aromatic carbocycles. The molecule has 1 fully saturated rings. The second kappa shape index (κ2) is 11.8. The van der Waals surface area contributed by atoms with Crippen molar-refractivity contribution in [3.8, 4) is 0 Å². The molecule has 190 valence electrons. The van der Waals surface area contributed by atoms with Crippen molar-refractivity contribution in [1.29, 1.82) is 0 Å². The lowest BCUT2D eigenvalue weighted by atomic mass is 9.93. The van der Waals surface area contributed by atoms with Gasteiger partial charge in [0.05, 0.1) is 23.8 Å². The number of carbonyl (C=O) groups excluding carboxylic acids is 2. The van der Waals surface area contributed by atoms with Crippen LogP contribution in [0.1, 0.15) is 26.2 Å². The Morgan fingerprint density at radius 1 is 1.14 bits per heavy atom. The normalized spacial score (nSPS) is 20.3. The summed E-state index contributed by atoms with van der Waals surface area (Å²) in [5, 5.41) is 7.68. The summed E-state index contributed by atoms with van der Waals surface area (Å²) >= 11 is 12.7. The van der Waals surface area contributed by atoms with Gasteiger partial charge in [0.1, 0.15) is 0 Å². The van der Waals surface area contributed by atoms with Gasteiger partial charge in [0, 0.05) is 38.2 Å². The Bertz CT molecular complexity index is 1010. The standard InChI is InChI=1S/C26H35Cl2N5O2/c1-19-5-6-20-15-33(16-21(20)13-19)30(2)26(35)18-32(24-14-22(27)7-8-23(24)28)17-25(34)29-9-12-31-10-3-4-11-31/h5-8,14,19H,3-4,9-13,15-18H2,1-2H3,(H,29,34). The van der Waals surface area contributed by atoms with E-state index in [9.17, 15) is 9.59 Å². The Morgan fingerprint density at radius 2 is 1.91 bits per heavy atom. The van der Waals surface area contributed by atoms with Gasteiger partial charge >= 0.3 is 0 Å². The second-order valence-corrected chi connectivity index (χ2v) is 10.6. The molecule has 1 N–H and O–H groups in total. The highest BCUT2D eigenvalue weighted by Crippen LogP contribution is 2.31. The van der Waals surface area contributed by atoms with Crippen molar-refractivity contribution in [1.82, 2.24) is 20.2 Å². The van der Waals surface area contributed by atoms with E-state index in [1.165, 1.54) is 24.0 Å². The van der Waals surface area contributed by atoms with E-state index in [2.05, 4.69) is 34.3 Å². The number of halogens is 2. The molecule has 35 heavy (non-hydrogen) atoms. The minimum atomic E-state index is -0.145. The molecule has 0 radical (unpaired) electrons. The molecule has 1 aliphatic carbocycles. The van der Waals surface area contributed by atoms with Crippen LogP contribution in [-0.2, 0) is 9.59 Å². The van der Waals surface area contributed by atoms with E-state index in [0.29, 0.717) is 28.2 Å². The first-order valence-corrected chi connectivity index (χ1v) is 13.2. The lowest BCUT2D eigenvalue weighted by molar-refractivity contribution is -0.142. The number of hydrogen-bond donors (Lipinski definition) is 1. The molecule has 0 aromatic heterocycles. The Morgan fingerprint density at radius 3 is 2.69 bits per heavy atom. The van der Waals surface area contributed by atoms with Crippen LogP contribution in [0.2, 0.25) is 10.0 Å². The molecular weight excluding hydrogens is 485 g/mol. The number of allylic oxidation sites excluding steroid dienone is 1. The molecule has 0 bridgehead atoms. The van der Waals surface area contributed by atoms with E-state index < -0.39 is 0 Å². The second-order valence-electron chi connectivity index (χ2n) is 9.76. The molecule has 2 heterocycles. The maximum atomic E-state index is 13.3. The number of rotatable bonds is 9. The number of likely N-dealkylation sites (N-methyl/N-ethyl adjacent to an activating group) is 1. The highest BCUT2D eigenvalue weighted by molar-refractivity contribution is 6.35. The number of hydrogen-bond acceptors (Lipinski definition) is 5. The summed E-state index contributed by atoms with van der Waals surface area (Å²) in [4.78, 5) is 30.2. The fourth-order valence-electron chi connectivity index (χ4n) is 4.97. The van der Waals surface area contributed by atoms with Gasteiger partial charge in [-0.15, -0.1) is 0 Å². The third-order valence-corrected chi connectivity index (χ3v) is 7.57. The van der Waals surface area contributed by atoms with E-state index >= 15 is 0 Å². The van der Waals surface area contributed by atoms with Crippen molar-refractivity contribution in [2.24, 2.45) is 5.92 Å². The van der Waals surface area contributed by atoms with Crippen molar-refractivity contribution in [2.75, 3.05) is 64.3 Å². The van der Waals surface area contributed by atoms with Crippen molar-refractivity contribution >= 4 is 40.7 Å². The smallest absolute Gasteiger partial charge is 0.256 e. The summed E-state index contributed by atoms with van der Waals surface area (Å²) in [5.74, 6) is 0.273. The Hall–Kier alpha value is -2.06. The van der Waals surface area contributed by atoms with Crippen molar-refractivity contribution < 1.29 is 9.59 Å². The van der Waals surface area contributed by atoms with Crippen LogP contribution in [0.5, 0.6) is 0 Å². The number of nitrogens with one attached hydrogen (secondary N) is 1. The predicted molar refractivity (Wildman–Crippen MR) is 142 cm³/mol. The van der Waals surface area contributed by atoms with Gasteiger partial charge in [-0.3, -0.25) is 14.6 Å². The van der Waals surface area contributed by atoms with Crippen LogP contribution in [0.15, 0.2) is 41.5 Å². The molecule has 7 nitrogen and oxygen atoms in total. The molecule has 1 aromatic rings. The van der Waals surface area contributed by atoms with E-state index in [-0.39, 0.29) is 24.9 Å². The van der Waals surface area contributed by atoms with Gasteiger partial charge in [0.2, 0.25) is 5.91 Å². The van der Waals surface area contributed by atoms with E-state index in [1.54, 1.807) is 35.2 Å². The highest BCUT2D eigenvalue weighted by Gasteiger charge is 2.29. The van der Waals surface area contributed by atoms with Gasteiger partial charge in [-0.1, -0.05) is 42.3 Å². The molecule has 0 saturated carbocycles. The van der Waals surface area contributed by atoms with E-state index in [4.69, 9.17) is 23.2 Å². The third kappa shape index (κ3) is 6.79. The first-order chi connectivity index (χ1) is 16.8. The monoisotopic (exact) mass is 519 g/mol. The fraction of sp³-hybridized carbons (Fsp3) is 0.538. The molecule has 1 unspecified atom stereocenters. The predicted octanol–water partition coefficient (Wildman–Crippen LogP) is 3.59. The van der Waals surface area contributed by atoms with Crippen molar-refractivity contribution in [3.05, 3.63) is 51.5 Å². The molecule has 0 spiro atoms. The topological polar surface area (TPSA) is 59.1 Å². The van der Waals surface area contributed by atoms with E-state index in [1.807, 2.05) is 0 Å². The summed E-state index contributed by atoms with van der Waals surface area (Å²) in [5.41, 5.74) is 3.27. The summed E-state index contributed by atoms with van der Waals surface area (Å²) in [7, 11) is 1.79. The summed E-state index contributed by atoms with van der Waals surface area (Å²) in [6, 6.07) is 5.10. The van der Waals surface area contributed by atoms with Gasteiger partial charge in [0.15, 0.2) is 0 Å². The minimum Gasteiger partial charge on any atom is -0.353 e. The molecule has 1 saturated heterocycles. The number of carbonyl (C=O) groups is 2. The van der Waals surface area contributed by atoms with Crippen molar-refractivity contribution in [3.63, 3.8) is 0 Å². The highest BCUT2D eigenvalue weighted by atomic mass is 35.5. The number of likely N-dealkylation sites (tertiary alicyclic amines) is 1. The minimum absolute atomic E-state index is 0.0174. The number of hydrazine groups is 1. The molecule has 1 atom stereocenters. The van der Waals surface area contributed by atoms with Crippen LogP contribution in [-0.4, -0.2) is 86.1 Å². The SMILES string of the molecule is CC1C=CC2=C(C1)CN(N(C)C(=O)CN(CC(=O)NCCN1CCCC1)c1cc(Cl)ccc1Cl)C2. The van der Waals surface area contributed by atoms with Gasteiger partial charge in [-0.25, -0.2) is 5.01 Å². The maximum absolute atomic E-state index is 13.3. The van der Waals surface area contributed by atoms with Crippen molar-refractivity contribution in [2.45, 2.75) is 26.2 Å².